The lowest BCUT2D eigenvalue weighted by molar-refractivity contribution is -0.121. The molecule has 0 bridgehead atoms. The second-order valence-electron chi connectivity index (χ2n) is 8.60. The normalized spacial score (nSPS) is 21.9. The van der Waals surface area contributed by atoms with Gasteiger partial charge >= 0.3 is 0 Å². The smallest absolute Gasteiger partial charge is 0.286 e. The largest absolute Gasteiger partial charge is 0.506 e. The Balaban J connectivity index is 1.86. The van der Waals surface area contributed by atoms with Crippen LogP contribution >= 0.6 is 0 Å². The molecule has 0 saturated carbocycles. The summed E-state index contributed by atoms with van der Waals surface area (Å²) in [6.07, 6.45) is -0.514. The molecule has 2 atom stereocenters. The highest BCUT2D eigenvalue weighted by Crippen LogP contribution is 2.43. The summed E-state index contributed by atoms with van der Waals surface area (Å²) in [5.74, 6) is -1.59. The molecular formula is C22H23N3O8S2. The van der Waals surface area contributed by atoms with E-state index in [0.29, 0.717) is 5.56 Å². The third kappa shape index (κ3) is 4.43. The van der Waals surface area contributed by atoms with Crippen LogP contribution in [-0.2, 0) is 30.3 Å². The molecule has 1 aliphatic heterocycles. The van der Waals surface area contributed by atoms with Gasteiger partial charge in [-0.05, 0) is 37.1 Å². The maximum atomic E-state index is 13.7. The molecule has 1 heterocycles. The fraction of sp³-hybridized carbons (Fsp3) is 0.273. The second-order valence-corrected chi connectivity index (χ2v) is 11.9. The zero-order valence-corrected chi connectivity index (χ0v) is 20.3. The number of hydrogen-bond acceptors (Lipinski definition) is 9. The number of fused-ring (bicyclic) bond motifs is 2. The van der Waals surface area contributed by atoms with Gasteiger partial charge in [-0.25, -0.2) is 8.42 Å². The summed E-state index contributed by atoms with van der Waals surface area (Å²) in [7, 11) is -8.07. The molecule has 0 aromatic heterocycles. The van der Waals surface area contributed by atoms with Crippen LogP contribution in [0.15, 0.2) is 57.3 Å². The fourth-order valence-corrected chi connectivity index (χ4v) is 6.02. The van der Waals surface area contributed by atoms with Crippen LogP contribution in [-0.4, -0.2) is 62.7 Å². The Morgan fingerprint density at radius 3 is 2.54 bits per heavy atom. The molecule has 0 spiro atoms. The molecule has 35 heavy (non-hydrogen) atoms. The first-order valence-electron chi connectivity index (χ1n) is 10.4. The number of benzene rings is 2. The van der Waals surface area contributed by atoms with Crippen molar-refractivity contribution < 1.29 is 36.9 Å². The van der Waals surface area contributed by atoms with Crippen LogP contribution in [0.25, 0.3) is 5.76 Å². The van der Waals surface area contributed by atoms with Crippen molar-refractivity contribution in [2.45, 2.75) is 29.8 Å². The van der Waals surface area contributed by atoms with Crippen LogP contribution in [0.1, 0.15) is 24.5 Å². The number of nitrogens with one attached hydrogen (secondary N) is 2. The Morgan fingerprint density at radius 1 is 1.20 bits per heavy atom. The summed E-state index contributed by atoms with van der Waals surface area (Å²) in [5.41, 5.74) is -1.09. The summed E-state index contributed by atoms with van der Waals surface area (Å²) in [6, 6.07) is 10.2. The molecule has 2 unspecified atom stereocenters. The van der Waals surface area contributed by atoms with Crippen molar-refractivity contribution in [1.29, 1.82) is 0 Å². The predicted octanol–water partition coefficient (Wildman–Crippen LogP) is 1.12. The molecule has 2 aromatic carbocycles. The van der Waals surface area contributed by atoms with Crippen LogP contribution < -0.4 is 10.0 Å². The number of ketones is 1. The predicted molar refractivity (Wildman–Crippen MR) is 129 cm³/mol. The lowest BCUT2D eigenvalue weighted by Gasteiger charge is -2.37. The number of anilines is 2. The molecule has 0 radical (unpaired) electrons. The number of nitrogens with zero attached hydrogens (tertiary/aromatic N) is 1. The number of carbonyl (C=O) groups excluding carboxylic acids is 1. The van der Waals surface area contributed by atoms with E-state index >= 15 is 0 Å². The van der Waals surface area contributed by atoms with Crippen LogP contribution in [0, 0.1) is 0 Å². The van der Waals surface area contributed by atoms with E-state index in [9.17, 15) is 36.9 Å². The first-order valence-corrected chi connectivity index (χ1v) is 13.7. The summed E-state index contributed by atoms with van der Waals surface area (Å²) in [5, 5.41) is 33.3. The number of rotatable bonds is 6. The lowest BCUT2D eigenvalue weighted by Crippen LogP contribution is -2.44. The van der Waals surface area contributed by atoms with Gasteiger partial charge in [0.1, 0.15) is 16.2 Å². The maximum absolute atomic E-state index is 13.7. The van der Waals surface area contributed by atoms with Gasteiger partial charge in [0.25, 0.3) is 10.0 Å². The average Bonchev–Trinajstić information content (AvgIpc) is 2.77. The van der Waals surface area contributed by atoms with Gasteiger partial charge in [-0.2, -0.15) is 8.42 Å². The van der Waals surface area contributed by atoms with Crippen molar-refractivity contribution in [1.82, 2.24) is 0 Å². The van der Waals surface area contributed by atoms with E-state index in [4.69, 9.17) is 0 Å². The molecule has 0 saturated heterocycles. The summed E-state index contributed by atoms with van der Waals surface area (Å²) >= 11 is 0. The summed E-state index contributed by atoms with van der Waals surface area (Å²) in [6.45, 7) is 0.940. The van der Waals surface area contributed by atoms with E-state index < -0.39 is 55.6 Å². The number of hydrogen-bond donors (Lipinski definition) is 5. The molecule has 4 rings (SSSR count). The second kappa shape index (κ2) is 8.45. The van der Waals surface area contributed by atoms with Crippen molar-refractivity contribution in [2.75, 3.05) is 22.9 Å². The van der Waals surface area contributed by atoms with E-state index in [1.807, 2.05) is 0 Å². The van der Waals surface area contributed by atoms with E-state index in [2.05, 4.69) is 14.4 Å². The minimum absolute atomic E-state index is 0.00516. The summed E-state index contributed by atoms with van der Waals surface area (Å²) < 4.78 is 54.9. The number of Topliss-reactive ketones (excluding diaryl/α,β-unsaturated/α-hetero) is 1. The monoisotopic (exact) mass is 521 g/mol. The molecule has 0 fully saturated rings. The Labute approximate surface area is 201 Å². The van der Waals surface area contributed by atoms with Gasteiger partial charge in [-0.15, -0.1) is 4.40 Å². The van der Waals surface area contributed by atoms with Gasteiger partial charge in [0, 0.05) is 11.3 Å². The molecule has 1 aliphatic carbocycles. The standard InChI is InChI=1S/C22H23N3O8S2/c1-22(10-13(27)11-26)15-6-4-3-5-14(15)19(28)18(20(22)29)21-23-16-8-7-12(24-34(2,30)31)9-17(16)35(32,33)25-21/h3-9,13,24,26-28H,10-11H2,1-2H3,(H,23,25). The van der Waals surface area contributed by atoms with E-state index in [1.54, 1.807) is 24.3 Å². The Bertz CT molecular complexity index is 1510. The zero-order chi connectivity index (χ0) is 25.8. The third-order valence-corrected chi connectivity index (χ3v) is 7.78. The molecule has 11 nitrogen and oxygen atoms in total. The molecule has 186 valence electrons. The maximum Gasteiger partial charge on any atom is 0.286 e. The average molecular weight is 522 g/mol. The molecule has 2 aromatic rings. The van der Waals surface area contributed by atoms with Crippen molar-refractivity contribution in [2.24, 2.45) is 4.40 Å². The fourth-order valence-electron chi connectivity index (χ4n) is 4.31. The molecule has 13 heteroatoms. The first kappa shape index (κ1) is 24.9. The van der Waals surface area contributed by atoms with Crippen molar-refractivity contribution in [3.05, 3.63) is 59.2 Å². The highest BCUT2D eigenvalue weighted by Gasteiger charge is 2.47. The summed E-state index contributed by atoms with van der Waals surface area (Å²) in [4.78, 5) is 13.4. The number of aliphatic hydroxyl groups excluding tert-OH is 3. The first-order chi connectivity index (χ1) is 16.3. The Kier molecular flexibility index (Phi) is 6.00. The molecular weight excluding hydrogens is 498 g/mol. The van der Waals surface area contributed by atoms with Crippen LogP contribution in [0.4, 0.5) is 11.4 Å². The quantitative estimate of drug-likeness (QED) is 0.372. The van der Waals surface area contributed by atoms with E-state index in [0.717, 1.165) is 12.3 Å². The molecule has 2 aliphatic rings. The highest BCUT2D eigenvalue weighted by atomic mass is 32.2. The van der Waals surface area contributed by atoms with Crippen molar-refractivity contribution in [3.63, 3.8) is 0 Å². The van der Waals surface area contributed by atoms with Crippen LogP contribution in [0.5, 0.6) is 0 Å². The number of carbonyl (C=O) groups is 1. The van der Waals surface area contributed by atoms with Gasteiger partial charge in [-0.1, -0.05) is 24.3 Å². The number of amidine groups is 1. The van der Waals surface area contributed by atoms with Gasteiger partial charge in [0.05, 0.1) is 30.1 Å². The minimum Gasteiger partial charge on any atom is -0.506 e. The molecule has 0 amide bonds. The van der Waals surface area contributed by atoms with Gasteiger partial charge in [0.15, 0.2) is 11.6 Å². The van der Waals surface area contributed by atoms with Crippen LogP contribution in [0.2, 0.25) is 0 Å². The SMILES string of the molecule is CC1(CC(O)CO)C(=O)C(C2=NS(=O)(=O)c3cc(NS(C)(=O)=O)ccc3N2)=C(O)c2ccccc21. The number of sulfonamides is 2. The molecule has 5 N–H and O–H groups in total. The number of aliphatic hydroxyl groups is 3. The Hall–Kier alpha value is -3.26. The zero-order valence-electron chi connectivity index (χ0n) is 18.7. The van der Waals surface area contributed by atoms with Crippen molar-refractivity contribution in [3.8, 4) is 0 Å². The Morgan fingerprint density at radius 2 is 1.89 bits per heavy atom. The van der Waals surface area contributed by atoms with Gasteiger partial charge in [0.2, 0.25) is 10.0 Å². The van der Waals surface area contributed by atoms with Gasteiger partial charge in [-0.3, -0.25) is 9.52 Å². The van der Waals surface area contributed by atoms with Crippen molar-refractivity contribution >= 4 is 48.8 Å². The van der Waals surface area contributed by atoms with E-state index in [-0.39, 0.29) is 33.8 Å². The van der Waals surface area contributed by atoms with E-state index in [1.165, 1.54) is 19.1 Å². The lowest BCUT2D eigenvalue weighted by atomic mass is 9.66. The highest BCUT2D eigenvalue weighted by molar-refractivity contribution is 7.92. The van der Waals surface area contributed by atoms with Crippen LogP contribution in [0.3, 0.4) is 0 Å². The topological polar surface area (TPSA) is 182 Å². The van der Waals surface area contributed by atoms with Gasteiger partial charge < -0.3 is 20.6 Å². The third-order valence-electron chi connectivity index (χ3n) is 5.86. The minimum atomic E-state index is -4.40.